The van der Waals surface area contributed by atoms with Crippen LogP contribution in [0.1, 0.15) is 10.4 Å². The first-order valence-corrected chi connectivity index (χ1v) is 10.1. The first kappa shape index (κ1) is 19.8. The summed E-state index contributed by atoms with van der Waals surface area (Å²) in [6, 6.07) is 18.0. The van der Waals surface area contributed by atoms with Crippen LogP contribution in [0.2, 0.25) is 5.02 Å². The molecule has 4 rings (SSSR count). The molecule has 0 bridgehead atoms. The number of amides is 1. The third-order valence-electron chi connectivity index (χ3n) is 4.39. The van der Waals surface area contributed by atoms with E-state index in [4.69, 9.17) is 11.6 Å². The number of thiophene rings is 1. The maximum atomic E-state index is 12.1. The Morgan fingerprint density at radius 2 is 1.77 bits per heavy atom. The minimum atomic E-state index is -1.15. The number of carbonyl (C=O) groups excluding carboxylic acids is 1. The molecule has 1 amide bonds. The van der Waals surface area contributed by atoms with Crippen LogP contribution in [0.5, 0.6) is 0 Å². The van der Waals surface area contributed by atoms with Gasteiger partial charge in [0.25, 0.3) is 0 Å². The molecule has 0 spiro atoms. The molecule has 6 nitrogen and oxygen atoms in total. The van der Waals surface area contributed by atoms with Crippen molar-refractivity contribution in [3.05, 3.63) is 82.8 Å². The maximum absolute atomic E-state index is 12.1. The summed E-state index contributed by atoms with van der Waals surface area (Å²) in [6.07, 6.45) is 2.06. The number of anilines is 2. The highest BCUT2D eigenvalue weighted by Gasteiger charge is 2.26. The van der Waals surface area contributed by atoms with Gasteiger partial charge in [0, 0.05) is 27.7 Å². The van der Waals surface area contributed by atoms with Crippen LogP contribution >= 0.6 is 22.9 Å². The van der Waals surface area contributed by atoms with Crippen molar-refractivity contribution in [2.45, 2.75) is 0 Å². The van der Waals surface area contributed by atoms with Crippen LogP contribution in [0.15, 0.2) is 72.2 Å². The van der Waals surface area contributed by atoms with Crippen molar-refractivity contribution in [2.75, 3.05) is 4.90 Å². The van der Waals surface area contributed by atoms with Crippen molar-refractivity contribution in [1.82, 2.24) is 9.97 Å². The summed E-state index contributed by atoms with van der Waals surface area (Å²) in [5, 5.41) is 12.3. The van der Waals surface area contributed by atoms with Crippen LogP contribution in [0, 0.1) is 0 Å². The Morgan fingerprint density at radius 3 is 2.43 bits per heavy atom. The van der Waals surface area contributed by atoms with Crippen molar-refractivity contribution in [3.8, 4) is 22.4 Å². The number of carbonyl (C=O) groups is 2. The molecule has 0 saturated heterocycles. The molecule has 2 heterocycles. The number of aromatic nitrogens is 2. The van der Waals surface area contributed by atoms with Crippen LogP contribution in [-0.2, 0) is 4.79 Å². The Labute approximate surface area is 181 Å². The molecule has 30 heavy (non-hydrogen) atoms. The molecule has 0 fully saturated rings. The van der Waals surface area contributed by atoms with E-state index in [-0.39, 0.29) is 16.5 Å². The number of aromatic carboxylic acids is 1. The van der Waals surface area contributed by atoms with Gasteiger partial charge < -0.3 is 5.11 Å². The van der Waals surface area contributed by atoms with E-state index in [2.05, 4.69) is 9.97 Å². The van der Waals surface area contributed by atoms with E-state index >= 15 is 0 Å². The highest BCUT2D eigenvalue weighted by Crippen LogP contribution is 2.40. The van der Waals surface area contributed by atoms with Crippen LogP contribution in [0.3, 0.4) is 0 Å². The lowest BCUT2D eigenvalue weighted by atomic mass is 10.0. The number of carboxylic acids is 1. The SMILES string of the molecule is O=CN(c1nccc(-c2ccccc2)n1)c1scc(-c2ccc(Cl)cc2)c1C(=O)O. The summed E-state index contributed by atoms with van der Waals surface area (Å²) in [4.78, 5) is 33.8. The summed E-state index contributed by atoms with van der Waals surface area (Å²) in [5.74, 6) is -1.05. The second-order valence-corrected chi connectivity index (χ2v) is 7.52. The number of benzene rings is 2. The molecule has 4 aromatic rings. The van der Waals surface area contributed by atoms with Crippen molar-refractivity contribution in [1.29, 1.82) is 0 Å². The molecule has 0 aliphatic heterocycles. The molecule has 1 N–H and O–H groups in total. The molecule has 0 radical (unpaired) electrons. The van der Waals surface area contributed by atoms with E-state index < -0.39 is 5.97 Å². The molecule has 0 unspecified atom stereocenters. The summed E-state index contributed by atoms with van der Waals surface area (Å²) in [7, 11) is 0. The van der Waals surface area contributed by atoms with Gasteiger partial charge in [-0.25, -0.2) is 19.7 Å². The molecule has 0 saturated carbocycles. The second-order valence-electron chi connectivity index (χ2n) is 6.22. The Morgan fingerprint density at radius 1 is 1.03 bits per heavy atom. The molecule has 2 aromatic heterocycles. The Balaban J connectivity index is 1.80. The molecular formula is C22H14ClN3O3S. The van der Waals surface area contributed by atoms with Crippen LogP contribution in [0.25, 0.3) is 22.4 Å². The lowest BCUT2D eigenvalue weighted by Crippen LogP contribution is -2.18. The molecule has 0 aliphatic rings. The van der Waals surface area contributed by atoms with Crippen LogP contribution in [-0.4, -0.2) is 27.5 Å². The number of nitrogens with zero attached hydrogens (tertiary/aromatic N) is 3. The van der Waals surface area contributed by atoms with Crippen LogP contribution < -0.4 is 4.90 Å². The van der Waals surface area contributed by atoms with E-state index in [1.165, 1.54) is 6.20 Å². The number of rotatable bonds is 6. The Kier molecular flexibility index (Phi) is 5.56. The second kappa shape index (κ2) is 8.44. The third-order valence-corrected chi connectivity index (χ3v) is 5.62. The van der Waals surface area contributed by atoms with E-state index in [0.717, 1.165) is 21.8 Å². The maximum Gasteiger partial charge on any atom is 0.339 e. The molecule has 2 aromatic carbocycles. The highest BCUT2D eigenvalue weighted by molar-refractivity contribution is 7.15. The number of hydrogen-bond donors (Lipinski definition) is 1. The molecular weight excluding hydrogens is 422 g/mol. The average Bonchev–Trinajstić information content (AvgIpc) is 3.21. The number of hydrogen-bond acceptors (Lipinski definition) is 5. The first-order chi connectivity index (χ1) is 14.6. The quantitative estimate of drug-likeness (QED) is 0.403. The Bertz CT molecular complexity index is 1210. The predicted octanol–water partition coefficient (Wildman–Crippen LogP) is 5.52. The van der Waals surface area contributed by atoms with Gasteiger partial charge in [0.2, 0.25) is 12.4 Å². The van der Waals surface area contributed by atoms with Gasteiger partial charge in [-0.3, -0.25) is 4.79 Å². The third kappa shape index (κ3) is 3.80. The zero-order valence-corrected chi connectivity index (χ0v) is 17.0. The Hall–Kier alpha value is -3.55. The topological polar surface area (TPSA) is 83.4 Å². The van der Waals surface area contributed by atoms with E-state index in [0.29, 0.717) is 28.3 Å². The minimum Gasteiger partial charge on any atom is -0.478 e. The highest BCUT2D eigenvalue weighted by atomic mass is 35.5. The summed E-state index contributed by atoms with van der Waals surface area (Å²) in [6.45, 7) is 0. The number of halogens is 1. The van der Waals surface area contributed by atoms with Gasteiger partial charge >= 0.3 is 5.97 Å². The first-order valence-electron chi connectivity index (χ1n) is 8.82. The van der Waals surface area contributed by atoms with Crippen molar-refractivity contribution >= 4 is 46.3 Å². The summed E-state index contributed by atoms with van der Waals surface area (Å²) in [5.41, 5.74) is 2.66. The monoisotopic (exact) mass is 435 g/mol. The minimum absolute atomic E-state index is 0.00290. The van der Waals surface area contributed by atoms with Crippen LogP contribution in [0.4, 0.5) is 10.9 Å². The average molecular weight is 436 g/mol. The lowest BCUT2D eigenvalue weighted by Gasteiger charge is -2.15. The molecule has 8 heteroatoms. The zero-order valence-electron chi connectivity index (χ0n) is 15.4. The fourth-order valence-corrected chi connectivity index (χ4v) is 4.16. The van der Waals surface area contributed by atoms with Gasteiger partial charge in [-0.1, -0.05) is 54.1 Å². The van der Waals surface area contributed by atoms with Gasteiger partial charge in [-0.2, -0.15) is 0 Å². The fraction of sp³-hybridized carbons (Fsp3) is 0. The van der Waals surface area contributed by atoms with E-state index in [9.17, 15) is 14.7 Å². The van der Waals surface area contributed by atoms with Gasteiger partial charge in [0.1, 0.15) is 10.6 Å². The number of carboxylic acid groups (broad SMARTS) is 1. The lowest BCUT2D eigenvalue weighted by molar-refractivity contribution is -0.106. The van der Waals surface area contributed by atoms with Gasteiger partial charge in [0.05, 0.1) is 5.69 Å². The van der Waals surface area contributed by atoms with Gasteiger partial charge in [-0.05, 0) is 23.8 Å². The van der Waals surface area contributed by atoms with Crippen molar-refractivity contribution < 1.29 is 14.7 Å². The summed E-state index contributed by atoms with van der Waals surface area (Å²) < 4.78 is 0. The van der Waals surface area contributed by atoms with Crippen molar-refractivity contribution in [2.24, 2.45) is 0 Å². The summed E-state index contributed by atoms with van der Waals surface area (Å²) >= 11 is 7.07. The molecule has 0 aliphatic carbocycles. The normalized spacial score (nSPS) is 10.6. The fourth-order valence-electron chi connectivity index (χ4n) is 2.99. The predicted molar refractivity (Wildman–Crippen MR) is 117 cm³/mol. The van der Waals surface area contributed by atoms with Gasteiger partial charge in [0.15, 0.2) is 0 Å². The zero-order chi connectivity index (χ0) is 21.1. The van der Waals surface area contributed by atoms with Gasteiger partial charge in [-0.15, -0.1) is 11.3 Å². The largest absolute Gasteiger partial charge is 0.478 e. The van der Waals surface area contributed by atoms with E-state index in [1.54, 1.807) is 35.7 Å². The molecule has 148 valence electrons. The standard InChI is InChI=1S/C22H14ClN3O3S/c23-16-8-6-14(7-9-16)17-12-30-20(19(17)21(28)29)26(13-27)22-24-11-10-18(25-22)15-4-2-1-3-5-15/h1-13H,(H,28,29). The van der Waals surface area contributed by atoms with Crippen molar-refractivity contribution in [3.63, 3.8) is 0 Å². The smallest absolute Gasteiger partial charge is 0.339 e. The molecule has 0 atom stereocenters. The van der Waals surface area contributed by atoms with E-state index in [1.807, 2.05) is 30.3 Å².